The molecule has 0 unspecified atom stereocenters. The van der Waals surface area contributed by atoms with Crippen molar-refractivity contribution in [3.05, 3.63) is 81.3 Å². The summed E-state index contributed by atoms with van der Waals surface area (Å²) in [5.41, 5.74) is 6.07. The van der Waals surface area contributed by atoms with Crippen LogP contribution in [0.2, 0.25) is 0 Å². The van der Waals surface area contributed by atoms with E-state index in [9.17, 15) is 8.42 Å². The second-order valence-electron chi connectivity index (χ2n) is 9.63. The highest BCUT2D eigenvalue weighted by Crippen LogP contribution is 2.47. The molecule has 3 aromatic carbocycles. The number of anilines is 1. The Morgan fingerprint density at radius 3 is 2.62 bits per heavy atom. The van der Waals surface area contributed by atoms with Gasteiger partial charge in [-0.25, -0.2) is 4.18 Å². The minimum atomic E-state index is -4.44. The zero-order valence-electron chi connectivity index (χ0n) is 22.6. The summed E-state index contributed by atoms with van der Waals surface area (Å²) in [6.45, 7) is 9.97. The highest BCUT2D eigenvalue weighted by atomic mass is 32.3. The van der Waals surface area contributed by atoms with Gasteiger partial charge >= 0.3 is 10.4 Å². The summed E-state index contributed by atoms with van der Waals surface area (Å²) in [6.07, 6.45) is 5.88. The average Bonchev–Trinajstić information content (AvgIpc) is 3.42. The van der Waals surface area contributed by atoms with E-state index in [1.807, 2.05) is 11.3 Å². The van der Waals surface area contributed by atoms with Crippen LogP contribution in [0.15, 0.2) is 70.1 Å². The molecule has 0 saturated heterocycles. The van der Waals surface area contributed by atoms with Gasteiger partial charge in [0.05, 0.1) is 22.7 Å². The minimum absolute atomic E-state index is 0.0732. The van der Waals surface area contributed by atoms with Crippen LogP contribution in [0.1, 0.15) is 42.8 Å². The first kappa shape index (κ1) is 27.9. The van der Waals surface area contributed by atoms with Crippen molar-refractivity contribution in [1.82, 2.24) is 0 Å². The number of hydrogen-bond donors (Lipinski definition) is 1. The number of thiazole rings is 1. The SMILES string of the molecule is CCC(/C=C1\Sc2cc(C)c(C)cc2N1CCCOS(=O)(=O)O)=C\c1sc2ccc3ccccc3c2[n+]1CC. The number of nitrogens with zero attached hydrogens (tertiary/aromatic N) is 2. The Morgan fingerprint density at radius 2 is 1.87 bits per heavy atom. The van der Waals surface area contributed by atoms with Gasteiger partial charge in [-0.05, 0) is 86.0 Å². The molecule has 4 aromatic rings. The van der Waals surface area contributed by atoms with Gasteiger partial charge in [-0.3, -0.25) is 4.55 Å². The van der Waals surface area contributed by atoms with Gasteiger partial charge in [-0.15, -0.1) is 0 Å². The number of hydrogen-bond acceptors (Lipinski definition) is 6. The predicted molar refractivity (Wildman–Crippen MR) is 163 cm³/mol. The first-order valence-electron chi connectivity index (χ1n) is 13.1. The molecule has 1 aromatic heterocycles. The standard InChI is InChI=1S/C30H32N2O4S3/c1-5-22(18-28-31(6-2)30-24-11-8-7-10-23(24)12-13-26(30)37-28)19-29-32(14-9-15-36-39(33,34)35)25-16-20(3)21(4)17-27(25)38-29/h7-8,10-13,16-19H,5-6,9,14-15H2,1-4H3/p+1. The van der Waals surface area contributed by atoms with Gasteiger partial charge in [0.15, 0.2) is 0 Å². The molecule has 0 amide bonds. The monoisotopic (exact) mass is 581 g/mol. The number of aryl methyl sites for hydroxylation is 3. The molecule has 2 heterocycles. The van der Waals surface area contributed by atoms with Gasteiger partial charge in [-0.1, -0.05) is 54.3 Å². The lowest BCUT2D eigenvalue weighted by molar-refractivity contribution is -0.664. The van der Waals surface area contributed by atoms with E-state index >= 15 is 0 Å². The summed E-state index contributed by atoms with van der Waals surface area (Å²) in [5.74, 6) is 0. The molecule has 1 N–H and O–H groups in total. The zero-order valence-corrected chi connectivity index (χ0v) is 25.0. The van der Waals surface area contributed by atoms with E-state index in [4.69, 9.17) is 4.55 Å². The van der Waals surface area contributed by atoms with E-state index < -0.39 is 10.4 Å². The van der Waals surface area contributed by atoms with Gasteiger partial charge in [0.2, 0.25) is 5.52 Å². The van der Waals surface area contributed by atoms with Crippen molar-refractivity contribution in [2.75, 3.05) is 18.1 Å². The fraction of sp³-hybridized carbons (Fsp3) is 0.300. The van der Waals surface area contributed by atoms with E-state index in [0.717, 1.165) is 23.7 Å². The molecule has 5 rings (SSSR count). The summed E-state index contributed by atoms with van der Waals surface area (Å²) in [6, 6.07) is 17.4. The third kappa shape index (κ3) is 5.93. The van der Waals surface area contributed by atoms with E-state index in [2.05, 4.69) is 102 Å². The maximum atomic E-state index is 11.0. The van der Waals surface area contributed by atoms with Gasteiger partial charge < -0.3 is 4.90 Å². The van der Waals surface area contributed by atoms with Crippen LogP contribution in [-0.4, -0.2) is 26.1 Å². The van der Waals surface area contributed by atoms with Crippen molar-refractivity contribution >= 4 is 66.3 Å². The van der Waals surface area contributed by atoms with Crippen LogP contribution in [0, 0.1) is 13.8 Å². The minimum Gasteiger partial charge on any atom is -0.335 e. The fourth-order valence-corrected chi connectivity index (χ4v) is 7.73. The Balaban J connectivity index is 1.53. The van der Waals surface area contributed by atoms with Crippen molar-refractivity contribution in [1.29, 1.82) is 0 Å². The predicted octanol–water partition coefficient (Wildman–Crippen LogP) is 7.44. The van der Waals surface area contributed by atoms with Crippen molar-refractivity contribution in [3.63, 3.8) is 0 Å². The molecule has 9 heteroatoms. The first-order chi connectivity index (χ1) is 18.7. The molecule has 0 saturated carbocycles. The highest BCUT2D eigenvalue weighted by Gasteiger charge is 2.27. The van der Waals surface area contributed by atoms with Crippen LogP contribution in [0.25, 0.3) is 27.1 Å². The third-order valence-electron chi connectivity index (χ3n) is 7.06. The number of aromatic nitrogens is 1. The third-order valence-corrected chi connectivity index (χ3v) is 9.72. The molecule has 0 aliphatic carbocycles. The molecular formula is C30H33N2O4S3+. The van der Waals surface area contributed by atoms with Crippen LogP contribution in [0.3, 0.4) is 0 Å². The molecular weight excluding hydrogens is 549 g/mol. The topological polar surface area (TPSA) is 70.7 Å². The molecule has 0 radical (unpaired) electrons. The Morgan fingerprint density at radius 1 is 1.10 bits per heavy atom. The lowest BCUT2D eigenvalue weighted by Gasteiger charge is -2.21. The number of benzene rings is 3. The number of thioether (sulfide) groups is 1. The van der Waals surface area contributed by atoms with Crippen LogP contribution in [-0.2, 0) is 21.1 Å². The maximum absolute atomic E-state index is 11.0. The molecule has 0 spiro atoms. The largest absolute Gasteiger partial charge is 0.397 e. The quantitative estimate of drug-likeness (QED) is 0.126. The molecule has 1 aliphatic rings. The van der Waals surface area contributed by atoms with Gasteiger partial charge in [0.1, 0.15) is 11.2 Å². The average molecular weight is 582 g/mol. The van der Waals surface area contributed by atoms with E-state index in [1.54, 1.807) is 11.8 Å². The summed E-state index contributed by atoms with van der Waals surface area (Å²) in [7, 11) is -4.44. The number of allylic oxidation sites excluding steroid dienone is 2. The molecule has 1 aliphatic heterocycles. The molecule has 204 valence electrons. The maximum Gasteiger partial charge on any atom is 0.397 e. The Labute approximate surface area is 238 Å². The van der Waals surface area contributed by atoms with Gasteiger partial charge in [0.25, 0.3) is 5.01 Å². The fourth-order valence-electron chi connectivity index (χ4n) is 4.94. The zero-order chi connectivity index (χ0) is 27.7. The molecule has 0 bridgehead atoms. The summed E-state index contributed by atoms with van der Waals surface area (Å²) < 4.78 is 39.2. The molecule has 0 atom stereocenters. The van der Waals surface area contributed by atoms with Crippen LogP contribution < -0.4 is 9.47 Å². The molecule has 0 fully saturated rings. The van der Waals surface area contributed by atoms with Crippen LogP contribution in [0.4, 0.5) is 5.69 Å². The normalized spacial score (nSPS) is 15.2. The second kappa shape index (κ2) is 11.4. The van der Waals surface area contributed by atoms with Crippen molar-refractivity contribution < 1.29 is 21.7 Å². The van der Waals surface area contributed by atoms with Crippen molar-refractivity contribution in [2.45, 2.75) is 52.0 Å². The molecule has 39 heavy (non-hydrogen) atoms. The van der Waals surface area contributed by atoms with E-state index in [0.29, 0.717) is 13.0 Å². The highest BCUT2D eigenvalue weighted by molar-refractivity contribution is 8.03. The van der Waals surface area contributed by atoms with Gasteiger partial charge in [-0.2, -0.15) is 13.0 Å². The first-order valence-corrected chi connectivity index (χ1v) is 16.1. The lowest BCUT2D eigenvalue weighted by Crippen LogP contribution is -2.33. The Hall–Kier alpha value is -2.69. The number of fused-ring (bicyclic) bond motifs is 4. The second-order valence-corrected chi connectivity index (χ2v) is 12.9. The number of rotatable bonds is 9. The van der Waals surface area contributed by atoms with Crippen LogP contribution >= 0.6 is 23.1 Å². The molecule has 6 nitrogen and oxygen atoms in total. The van der Waals surface area contributed by atoms with Gasteiger partial charge in [0, 0.05) is 17.5 Å². The smallest absolute Gasteiger partial charge is 0.335 e. The lowest BCUT2D eigenvalue weighted by atomic mass is 10.1. The summed E-state index contributed by atoms with van der Waals surface area (Å²) >= 11 is 3.55. The summed E-state index contributed by atoms with van der Waals surface area (Å²) in [5, 5.41) is 4.84. The Bertz CT molecular complexity index is 1720. The van der Waals surface area contributed by atoms with Crippen molar-refractivity contribution in [3.8, 4) is 0 Å². The Kier molecular flexibility index (Phi) is 8.16. The van der Waals surface area contributed by atoms with E-state index in [-0.39, 0.29) is 6.61 Å². The van der Waals surface area contributed by atoms with Crippen molar-refractivity contribution in [2.24, 2.45) is 0 Å². The summed E-state index contributed by atoms with van der Waals surface area (Å²) in [4.78, 5) is 3.42. The van der Waals surface area contributed by atoms with Crippen LogP contribution in [0.5, 0.6) is 0 Å². The van der Waals surface area contributed by atoms with E-state index in [1.165, 1.54) is 47.6 Å².